The normalized spacial score (nSPS) is 11.6. The number of nitrogen functional groups attached to an aromatic ring is 1. The summed E-state index contributed by atoms with van der Waals surface area (Å²) in [7, 11) is -3.32. The van der Waals surface area contributed by atoms with Gasteiger partial charge in [0.2, 0.25) is 0 Å². The SMILES string of the molecule is Cc1cc(N)ccc1S(=O)(=O)Cc1cncs1. The van der Waals surface area contributed by atoms with Gasteiger partial charge >= 0.3 is 0 Å². The number of hydrogen-bond acceptors (Lipinski definition) is 5. The number of rotatable bonds is 3. The molecule has 2 aromatic rings. The lowest BCUT2D eigenvalue weighted by Gasteiger charge is -2.07. The molecule has 0 atom stereocenters. The van der Waals surface area contributed by atoms with Crippen molar-refractivity contribution in [3.8, 4) is 0 Å². The molecule has 4 nitrogen and oxygen atoms in total. The summed E-state index contributed by atoms with van der Waals surface area (Å²) in [6.45, 7) is 1.75. The standard InChI is InChI=1S/C11H12N2O2S2/c1-8-4-9(12)2-3-11(8)17(14,15)6-10-5-13-7-16-10/h2-5,7H,6,12H2,1H3. The first-order valence-electron chi connectivity index (χ1n) is 4.95. The van der Waals surface area contributed by atoms with E-state index < -0.39 is 9.84 Å². The van der Waals surface area contributed by atoms with Crippen LogP contribution in [-0.2, 0) is 15.6 Å². The molecule has 0 aliphatic rings. The molecule has 90 valence electrons. The van der Waals surface area contributed by atoms with E-state index in [4.69, 9.17) is 5.73 Å². The van der Waals surface area contributed by atoms with E-state index in [-0.39, 0.29) is 5.75 Å². The van der Waals surface area contributed by atoms with Crippen LogP contribution in [0.25, 0.3) is 0 Å². The summed E-state index contributed by atoms with van der Waals surface area (Å²) in [4.78, 5) is 4.94. The van der Waals surface area contributed by atoms with E-state index in [9.17, 15) is 8.42 Å². The van der Waals surface area contributed by atoms with E-state index in [2.05, 4.69) is 4.98 Å². The van der Waals surface area contributed by atoms with Gasteiger partial charge in [0.1, 0.15) is 0 Å². The van der Waals surface area contributed by atoms with Gasteiger partial charge in [0, 0.05) is 16.8 Å². The molecular weight excluding hydrogens is 256 g/mol. The Kier molecular flexibility index (Phi) is 3.17. The lowest BCUT2D eigenvalue weighted by atomic mass is 10.2. The molecule has 2 N–H and O–H groups in total. The van der Waals surface area contributed by atoms with Gasteiger partial charge in [-0.15, -0.1) is 11.3 Å². The van der Waals surface area contributed by atoms with Crippen molar-refractivity contribution in [3.63, 3.8) is 0 Å². The fourth-order valence-electron chi connectivity index (χ4n) is 1.60. The number of benzene rings is 1. The van der Waals surface area contributed by atoms with Crippen LogP contribution in [-0.4, -0.2) is 13.4 Å². The van der Waals surface area contributed by atoms with Gasteiger partial charge in [0.25, 0.3) is 0 Å². The zero-order valence-corrected chi connectivity index (χ0v) is 10.9. The molecular formula is C11H12N2O2S2. The van der Waals surface area contributed by atoms with Gasteiger partial charge in [-0.2, -0.15) is 0 Å². The number of aryl methyl sites for hydroxylation is 1. The third kappa shape index (κ3) is 2.65. The second kappa shape index (κ2) is 4.46. The molecule has 1 heterocycles. The summed E-state index contributed by atoms with van der Waals surface area (Å²) >= 11 is 1.34. The molecule has 0 spiro atoms. The Morgan fingerprint density at radius 2 is 2.18 bits per heavy atom. The minimum Gasteiger partial charge on any atom is -0.399 e. The highest BCUT2D eigenvalue weighted by Crippen LogP contribution is 2.23. The first-order valence-corrected chi connectivity index (χ1v) is 7.48. The van der Waals surface area contributed by atoms with Gasteiger partial charge < -0.3 is 5.73 Å². The largest absolute Gasteiger partial charge is 0.399 e. The van der Waals surface area contributed by atoms with Gasteiger partial charge in [0.15, 0.2) is 9.84 Å². The highest BCUT2D eigenvalue weighted by molar-refractivity contribution is 7.90. The number of anilines is 1. The summed E-state index contributed by atoms with van der Waals surface area (Å²) in [5.74, 6) is -0.0115. The predicted molar refractivity (Wildman–Crippen MR) is 68.6 cm³/mol. The van der Waals surface area contributed by atoms with Crippen LogP contribution >= 0.6 is 11.3 Å². The van der Waals surface area contributed by atoms with Crippen LogP contribution in [0.4, 0.5) is 5.69 Å². The molecule has 0 radical (unpaired) electrons. The number of sulfone groups is 1. The molecule has 17 heavy (non-hydrogen) atoms. The molecule has 0 aliphatic carbocycles. The van der Waals surface area contributed by atoms with Crippen molar-refractivity contribution >= 4 is 26.9 Å². The van der Waals surface area contributed by atoms with Gasteiger partial charge in [-0.25, -0.2) is 8.42 Å². The lowest BCUT2D eigenvalue weighted by Crippen LogP contribution is -2.06. The number of nitrogens with zero attached hydrogens (tertiary/aromatic N) is 1. The van der Waals surface area contributed by atoms with E-state index in [1.165, 1.54) is 11.3 Å². The quantitative estimate of drug-likeness (QED) is 0.864. The van der Waals surface area contributed by atoms with Crippen LogP contribution in [0.1, 0.15) is 10.4 Å². The zero-order valence-electron chi connectivity index (χ0n) is 9.25. The highest BCUT2D eigenvalue weighted by atomic mass is 32.2. The molecule has 0 saturated heterocycles. The summed E-state index contributed by atoms with van der Waals surface area (Å²) in [5.41, 5.74) is 8.47. The van der Waals surface area contributed by atoms with Crippen LogP contribution in [0.15, 0.2) is 34.8 Å². The van der Waals surface area contributed by atoms with E-state index in [1.807, 2.05) is 0 Å². The van der Waals surface area contributed by atoms with Crippen molar-refractivity contribution in [2.45, 2.75) is 17.6 Å². The maximum absolute atomic E-state index is 12.2. The first kappa shape index (κ1) is 12.1. The second-order valence-corrected chi connectivity index (χ2v) is 6.68. The molecule has 1 aromatic carbocycles. The average Bonchev–Trinajstić information content (AvgIpc) is 2.68. The Bertz CT molecular complexity index is 619. The van der Waals surface area contributed by atoms with Crippen molar-refractivity contribution in [1.29, 1.82) is 0 Å². The van der Waals surface area contributed by atoms with Crippen LogP contribution in [0.3, 0.4) is 0 Å². The minimum absolute atomic E-state index is 0.0115. The summed E-state index contributed by atoms with van der Waals surface area (Å²) in [6, 6.07) is 4.83. The Morgan fingerprint density at radius 1 is 1.41 bits per heavy atom. The lowest BCUT2D eigenvalue weighted by molar-refractivity contribution is 0.595. The molecule has 0 amide bonds. The van der Waals surface area contributed by atoms with Crippen molar-refractivity contribution in [2.75, 3.05) is 5.73 Å². The molecule has 0 aliphatic heterocycles. The third-order valence-electron chi connectivity index (χ3n) is 2.35. The first-order chi connectivity index (χ1) is 7.99. The number of aromatic nitrogens is 1. The smallest absolute Gasteiger partial charge is 0.183 e. The Labute approximate surface area is 104 Å². The predicted octanol–water partition coefficient (Wildman–Crippen LogP) is 2.01. The van der Waals surface area contributed by atoms with Crippen LogP contribution < -0.4 is 5.73 Å². The molecule has 2 rings (SSSR count). The van der Waals surface area contributed by atoms with E-state index in [1.54, 1.807) is 36.8 Å². The monoisotopic (exact) mass is 268 g/mol. The van der Waals surface area contributed by atoms with E-state index >= 15 is 0 Å². The number of thiazole rings is 1. The fraction of sp³-hybridized carbons (Fsp3) is 0.182. The third-order valence-corrected chi connectivity index (χ3v) is 5.13. The van der Waals surface area contributed by atoms with Gasteiger partial charge in [-0.3, -0.25) is 4.98 Å². The second-order valence-electron chi connectivity index (χ2n) is 3.75. The van der Waals surface area contributed by atoms with Crippen molar-refractivity contribution < 1.29 is 8.42 Å². The topological polar surface area (TPSA) is 73.1 Å². The maximum Gasteiger partial charge on any atom is 0.183 e. The van der Waals surface area contributed by atoms with Crippen LogP contribution in [0.2, 0.25) is 0 Å². The molecule has 0 unspecified atom stereocenters. The summed E-state index contributed by atoms with van der Waals surface area (Å²) < 4.78 is 24.3. The Balaban J connectivity index is 2.38. The summed E-state index contributed by atoms with van der Waals surface area (Å²) in [6.07, 6.45) is 1.58. The van der Waals surface area contributed by atoms with Crippen molar-refractivity contribution in [3.05, 3.63) is 40.3 Å². The summed E-state index contributed by atoms with van der Waals surface area (Å²) in [5, 5.41) is 0. The molecule has 1 aromatic heterocycles. The van der Waals surface area contributed by atoms with Crippen molar-refractivity contribution in [2.24, 2.45) is 0 Å². The van der Waals surface area contributed by atoms with Crippen LogP contribution in [0.5, 0.6) is 0 Å². The van der Waals surface area contributed by atoms with Crippen LogP contribution in [0, 0.1) is 6.92 Å². The van der Waals surface area contributed by atoms with E-state index in [0.717, 1.165) is 4.88 Å². The Morgan fingerprint density at radius 3 is 2.76 bits per heavy atom. The van der Waals surface area contributed by atoms with E-state index in [0.29, 0.717) is 16.1 Å². The molecule has 0 saturated carbocycles. The van der Waals surface area contributed by atoms with Gasteiger partial charge in [-0.1, -0.05) is 0 Å². The zero-order chi connectivity index (χ0) is 12.5. The Hall–Kier alpha value is -1.40. The average molecular weight is 268 g/mol. The molecule has 0 bridgehead atoms. The van der Waals surface area contributed by atoms with Gasteiger partial charge in [0.05, 0.1) is 16.2 Å². The number of nitrogens with two attached hydrogens (primary N) is 1. The minimum atomic E-state index is -3.32. The van der Waals surface area contributed by atoms with Gasteiger partial charge in [-0.05, 0) is 30.7 Å². The maximum atomic E-state index is 12.2. The molecule has 6 heteroatoms. The fourth-order valence-corrected chi connectivity index (χ4v) is 4.15. The highest BCUT2D eigenvalue weighted by Gasteiger charge is 2.18. The van der Waals surface area contributed by atoms with Crippen molar-refractivity contribution in [1.82, 2.24) is 4.98 Å². The molecule has 0 fully saturated rings. The number of hydrogen-bond donors (Lipinski definition) is 1.